The van der Waals surface area contributed by atoms with E-state index in [9.17, 15) is 9.59 Å². The molecule has 0 bridgehead atoms. The minimum absolute atomic E-state index is 0.213. The molecule has 0 aliphatic rings. The van der Waals surface area contributed by atoms with Gasteiger partial charge in [-0.3, -0.25) is 0 Å². The highest BCUT2D eigenvalue weighted by Crippen LogP contribution is 2.24. The van der Waals surface area contributed by atoms with Crippen LogP contribution in [0.15, 0.2) is 24.3 Å². The molecule has 0 amide bonds. The van der Waals surface area contributed by atoms with Gasteiger partial charge in [-0.1, -0.05) is 47.5 Å². The topological polar surface area (TPSA) is 52.6 Å². The molecule has 0 saturated carbocycles. The van der Waals surface area contributed by atoms with Gasteiger partial charge in [-0.15, -0.1) is 0 Å². The largest absolute Gasteiger partial charge is 0.462 e. The Morgan fingerprint density at radius 1 is 0.960 bits per heavy atom. The predicted molar refractivity (Wildman–Crippen MR) is 99.8 cm³/mol. The fourth-order valence-electron chi connectivity index (χ4n) is 2.75. The summed E-state index contributed by atoms with van der Waals surface area (Å²) in [5, 5.41) is 0. The van der Waals surface area contributed by atoms with E-state index in [-0.39, 0.29) is 17.4 Å². The van der Waals surface area contributed by atoms with Crippen LogP contribution >= 0.6 is 0 Å². The lowest BCUT2D eigenvalue weighted by Gasteiger charge is -2.22. The van der Waals surface area contributed by atoms with Crippen molar-refractivity contribution < 1.29 is 19.1 Å². The Balaban J connectivity index is 2.47. The molecule has 140 valence electrons. The van der Waals surface area contributed by atoms with E-state index in [2.05, 4.69) is 34.6 Å². The Bertz CT molecular complexity index is 540. The highest BCUT2D eigenvalue weighted by atomic mass is 16.5. The van der Waals surface area contributed by atoms with Gasteiger partial charge in [-0.05, 0) is 48.4 Å². The second-order valence-corrected chi connectivity index (χ2v) is 7.89. The third-order valence-electron chi connectivity index (χ3n) is 3.80. The molecule has 1 aromatic carbocycles. The number of rotatable bonds is 9. The van der Waals surface area contributed by atoms with Gasteiger partial charge in [-0.2, -0.15) is 0 Å². The van der Waals surface area contributed by atoms with Crippen LogP contribution in [0, 0.1) is 11.3 Å². The summed E-state index contributed by atoms with van der Waals surface area (Å²) in [7, 11) is 0. The van der Waals surface area contributed by atoms with Crippen LogP contribution in [0.2, 0.25) is 0 Å². The van der Waals surface area contributed by atoms with E-state index in [1.807, 2.05) is 0 Å². The third-order valence-corrected chi connectivity index (χ3v) is 3.80. The molecule has 1 atom stereocenters. The Morgan fingerprint density at radius 2 is 1.48 bits per heavy atom. The molecule has 1 unspecified atom stereocenters. The number of esters is 2. The molecule has 0 N–H and O–H groups in total. The number of carbonyl (C=O) groups is 2. The summed E-state index contributed by atoms with van der Waals surface area (Å²) < 4.78 is 10.6. The normalized spacial score (nSPS) is 12.5. The van der Waals surface area contributed by atoms with Crippen molar-refractivity contribution in [3.8, 4) is 0 Å². The SMILES string of the molecule is CCCCCOC(=O)c1ccc(C(=O)OCC(C)CC(C)(C)C)cc1. The monoisotopic (exact) mass is 348 g/mol. The predicted octanol–water partition coefficient (Wildman–Crippen LogP) is 5.26. The van der Waals surface area contributed by atoms with Crippen molar-refractivity contribution in [2.75, 3.05) is 13.2 Å². The van der Waals surface area contributed by atoms with E-state index in [1.165, 1.54) is 0 Å². The van der Waals surface area contributed by atoms with Crippen molar-refractivity contribution in [3.63, 3.8) is 0 Å². The Hall–Kier alpha value is -1.84. The first-order valence-electron chi connectivity index (χ1n) is 9.17. The van der Waals surface area contributed by atoms with Crippen LogP contribution in [0.4, 0.5) is 0 Å². The number of carbonyl (C=O) groups excluding carboxylic acids is 2. The van der Waals surface area contributed by atoms with Crippen molar-refractivity contribution >= 4 is 11.9 Å². The molecule has 0 heterocycles. The molecule has 4 heteroatoms. The van der Waals surface area contributed by atoms with Crippen LogP contribution in [0.25, 0.3) is 0 Å². The zero-order chi connectivity index (χ0) is 18.9. The van der Waals surface area contributed by atoms with Crippen molar-refractivity contribution in [3.05, 3.63) is 35.4 Å². The minimum Gasteiger partial charge on any atom is -0.462 e. The Morgan fingerprint density at radius 3 is 1.96 bits per heavy atom. The molecule has 0 radical (unpaired) electrons. The van der Waals surface area contributed by atoms with E-state index in [1.54, 1.807) is 24.3 Å². The number of benzene rings is 1. The molecular formula is C21H32O4. The van der Waals surface area contributed by atoms with Gasteiger partial charge in [-0.25, -0.2) is 9.59 Å². The number of hydrogen-bond donors (Lipinski definition) is 0. The second-order valence-electron chi connectivity index (χ2n) is 7.89. The molecule has 25 heavy (non-hydrogen) atoms. The lowest BCUT2D eigenvalue weighted by atomic mass is 9.86. The van der Waals surface area contributed by atoms with Gasteiger partial charge in [0.15, 0.2) is 0 Å². The summed E-state index contributed by atoms with van der Waals surface area (Å²) in [6.07, 6.45) is 4.00. The zero-order valence-corrected chi connectivity index (χ0v) is 16.3. The molecule has 1 aromatic rings. The van der Waals surface area contributed by atoms with Crippen LogP contribution in [0.1, 0.15) is 81.0 Å². The van der Waals surface area contributed by atoms with Gasteiger partial charge >= 0.3 is 11.9 Å². The molecular weight excluding hydrogens is 316 g/mol. The second kappa shape index (κ2) is 10.2. The molecule has 0 aromatic heterocycles. The lowest BCUT2D eigenvalue weighted by molar-refractivity contribution is 0.0418. The van der Waals surface area contributed by atoms with Crippen molar-refractivity contribution in [1.82, 2.24) is 0 Å². The molecule has 0 aliphatic heterocycles. The molecule has 0 spiro atoms. The summed E-state index contributed by atoms with van der Waals surface area (Å²) in [5.74, 6) is -0.403. The zero-order valence-electron chi connectivity index (χ0n) is 16.3. The number of unbranched alkanes of at least 4 members (excludes halogenated alkanes) is 2. The highest BCUT2D eigenvalue weighted by Gasteiger charge is 2.17. The number of hydrogen-bond acceptors (Lipinski definition) is 4. The first kappa shape index (κ1) is 21.2. The lowest BCUT2D eigenvalue weighted by Crippen LogP contribution is -2.18. The molecule has 1 rings (SSSR count). The van der Waals surface area contributed by atoms with Crippen LogP contribution in [0.3, 0.4) is 0 Å². The number of ether oxygens (including phenoxy) is 2. The molecule has 0 aliphatic carbocycles. The fourth-order valence-corrected chi connectivity index (χ4v) is 2.75. The maximum atomic E-state index is 12.1. The van der Waals surface area contributed by atoms with Gasteiger partial charge in [0.05, 0.1) is 24.3 Å². The summed E-state index contributed by atoms with van der Waals surface area (Å²) >= 11 is 0. The van der Waals surface area contributed by atoms with Gasteiger partial charge in [0.1, 0.15) is 0 Å². The van der Waals surface area contributed by atoms with Crippen molar-refractivity contribution in [2.24, 2.45) is 11.3 Å². The maximum absolute atomic E-state index is 12.1. The van der Waals surface area contributed by atoms with Crippen LogP contribution in [-0.2, 0) is 9.47 Å². The first-order chi connectivity index (χ1) is 11.7. The Labute approximate surface area is 151 Å². The first-order valence-corrected chi connectivity index (χ1v) is 9.17. The third kappa shape index (κ3) is 8.71. The van der Waals surface area contributed by atoms with Gasteiger partial charge in [0.2, 0.25) is 0 Å². The smallest absolute Gasteiger partial charge is 0.338 e. The van der Waals surface area contributed by atoms with Crippen LogP contribution < -0.4 is 0 Å². The summed E-state index contributed by atoms with van der Waals surface area (Å²) in [5.41, 5.74) is 1.12. The minimum atomic E-state index is -0.358. The van der Waals surface area contributed by atoms with Gasteiger partial charge < -0.3 is 9.47 Å². The average molecular weight is 348 g/mol. The maximum Gasteiger partial charge on any atom is 0.338 e. The van der Waals surface area contributed by atoms with E-state index >= 15 is 0 Å². The summed E-state index contributed by atoms with van der Waals surface area (Å²) in [4.78, 5) is 24.0. The van der Waals surface area contributed by atoms with E-state index in [0.717, 1.165) is 25.7 Å². The van der Waals surface area contributed by atoms with Crippen molar-refractivity contribution in [2.45, 2.75) is 60.3 Å². The van der Waals surface area contributed by atoms with Gasteiger partial charge in [0, 0.05) is 0 Å². The van der Waals surface area contributed by atoms with Crippen molar-refractivity contribution in [1.29, 1.82) is 0 Å². The van der Waals surface area contributed by atoms with Crippen LogP contribution in [0.5, 0.6) is 0 Å². The summed E-state index contributed by atoms with van der Waals surface area (Å²) in [6, 6.07) is 6.44. The molecule has 4 nitrogen and oxygen atoms in total. The fraction of sp³-hybridized carbons (Fsp3) is 0.619. The standard InChI is InChI=1S/C21H32O4/c1-6-7-8-13-24-19(22)17-9-11-18(12-10-17)20(23)25-15-16(2)14-21(3,4)5/h9-12,16H,6-8,13-15H2,1-5H3. The highest BCUT2D eigenvalue weighted by molar-refractivity contribution is 5.93. The summed E-state index contributed by atoms with van der Waals surface area (Å²) in [6.45, 7) is 11.5. The molecule has 0 saturated heterocycles. The van der Waals surface area contributed by atoms with E-state index in [4.69, 9.17) is 9.47 Å². The average Bonchev–Trinajstić information content (AvgIpc) is 2.55. The molecule has 0 fully saturated rings. The quantitative estimate of drug-likeness (QED) is 0.451. The van der Waals surface area contributed by atoms with Crippen LogP contribution in [-0.4, -0.2) is 25.2 Å². The Kier molecular flexibility index (Phi) is 8.67. The van der Waals surface area contributed by atoms with Gasteiger partial charge in [0.25, 0.3) is 0 Å². The van der Waals surface area contributed by atoms with E-state index < -0.39 is 0 Å². The van der Waals surface area contributed by atoms with E-state index in [0.29, 0.717) is 30.3 Å².